The number of carbonyl (C=O) groups is 2. The molecule has 0 aromatic heterocycles. The smallest absolute Gasteiger partial charge is 0.407 e. The van der Waals surface area contributed by atoms with Crippen molar-refractivity contribution < 1.29 is 19.1 Å². The van der Waals surface area contributed by atoms with Crippen LogP contribution in [-0.2, 0) is 4.74 Å². The Labute approximate surface area is 186 Å². The Kier molecular flexibility index (Phi) is 5.46. The fraction of sp³-hybridized carbons (Fsp3) is 0.185. The first-order valence-electron chi connectivity index (χ1n) is 10.8. The number of nitrogens with one attached hydrogen (secondary N) is 1. The largest absolute Gasteiger partial charge is 0.492 e. The lowest BCUT2D eigenvalue weighted by molar-refractivity contribution is 0.0933. The Morgan fingerprint density at radius 3 is 2.47 bits per heavy atom. The van der Waals surface area contributed by atoms with Crippen LogP contribution in [0.1, 0.15) is 39.4 Å². The van der Waals surface area contributed by atoms with Crippen molar-refractivity contribution in [2.45, 2.75) is 12.3 Å². The maximum Gasteiger partial charge on any atom is 0.407 e. The number of hydrogen-bond acceptors (Lipinski definition) is 4. The van der Waals surface area contributed by atoms with E-state index in [4.69, 9.17) is 9.47 Å². The Bertz CT molecular complexity index is 1170. The Balaban J connectivity index is 1.16. The lowest BCUT2D eigenvalue weighted by Gasteiger charge is -2.16. The summed E-state index contributed by atoms with van der Waals surface area (Å²) in [6, 6.07) is 22.0. The number of carbonyl (C=O) groups excluding carboxylic acids is 2. The van der Waals surface area contributed by atoms with Crippen LogP contribution in [-0.4, -0.2) is 31.6 Å². The number of alkyl carbamates (subject to hydrolysis) is 1. The number of benzene rings is 3. The zero-order valence-corrected chi connectivity index (χ0v) is 17.5. The Morgan fingerprint density at radius 2 is 1.72 bits per heavy atom. The summed E-state index contributed by atoms with van der Waals surface area (Å²) in [5.74, 6) is 0.772. The van der Waals surface area contributed by atoms with Crippen LogP contribution >= 0.6 is 0 Å². The third-order valence-electron chi connectivity index (χ3n) is 5.91. The highest BCUT2D eigenvalue weighted by atomic mass is 16.5. The number of Topliss-reactive ketones (excluding diaryl/α,β-unsaturated/α-hetero) is 1. The van der Waals surface area contributed by atoms with E-state index in [1.54, 1.807) is 6.07 Å². The van der Waals surface area contributed by atoms with Crippen LogP contribution in [0.5, 0.6) is 5.75 Å². The topological polar surface area (TPSA) is 64.6 Å². The van der Waals surface area contributed by atoms with Gasteiger partial charge in [-0.1, -0.05) is 66.7 Å². The lowest BCUT2D eigenvalue weighted by Crippen LogP contribution is -2.26. The van der Waals surface area contributed by atoms with Gasteiger partial charge in [0.2, 0.25) is 0 Å². The average Bonchev–Trinajstić information content (AvgIpc) is 3.14. The summed E-state index contributed by atoms with van der Waals surface area (Å²) in [6.07, 6.45) is 3.70. The summed E-state index contributed by atoms with van der Waals surface area (Å²) in [7, 11) is 0. The van der Waals surface area contributed by atoms with Gasteiger partial charge in [0.15, 0.2) is 5.78 Å². The molecule has 1 heterocycles. The summed E-state index contributed by atoms with van der Waals surface area (Å²) < 4.78 is 11.1. The van der Waals surface area contributed by atoms with Gasteiger partial charge >= 0.3 is 6.09 Å². The molecule has 3 aromatic rings. The van der Waals surface area contributed by atoms with E-state index < -0.39 is 6.09 Å². The molecule has 0 fully saturated rings. The van der Waals surface area contributed by atoms with Crippen molar-refractivity contribution in [2.24, 2.45) is 0 Å². The molecule has 2 aliphatic rings. The van der Waals surface area contributed by atoms with E-state index in [0.29, 0.717) is 37.5 Å². The molecule has 0 atom stereocenters. The Morgan fingerprint density at radius 1 is 1.00 bits per heavy atom. The quantitative estimate of drug-likeness (QED) is 0.610. The van der Waals surface area contributed by atoms with Crippen molar-refractivity contribution in [3.05, 3.63) is 95.1 Å². The summed E-state index contributed by atoms with van der Waals surface area (Å²) in [6.45, 7) is 1.05. The van der Waals surface area contributed by atoms with Gasteiger partial charge in [-0.25, -0.2) is 4.79 Å². The SMILES string of the molecule is O=C(NCC=Cc1ccc2c(c1)OCCC2=O)OCC1c2ccccc2-c2ccccc21. The first-order valence-corrected chi connectivity index (χ1v) is 10.8. The van der Waals surface area contributed by atoms with Gasteiger partial charge in [-0.2, -0.15) is 0 Å². The van der Waals surface area contributed by atoms with Crippen LogP contribution < -0.4 is 10.1 Å². The van der Waals surface area contributed by atoms with E-state index >= 15 is 0 Å². The van der Waals surface area contributed by atoms with Crippen molar-refractivity contribution in [1.82, 2.24) is 5.32 Å². The molecule has 160 valence electrons. The maximum absolute atomic E-state index is 12.2. The summed E-state index contributed by atoms with van der Waals surface area (Å²) in [5, 5.41) is 2.76. The van der Waals surface area contributed by atoms with E-state index in [1.165, 1.54) is 22.3 Å². The molecule has 5 heteroatoms. The normalized spacial score (nSPS) is 14.4. The minimum Gasteiger partial charge on any atom is -0.492 e. The zero-order valence-electron chi connectivity index (χ0n) is 17.5. The molecule has 0 unspecified atom stereocenters. The van der Waals surface area contributed by atoms with Gasteiger partial charge in [0, 0.05) is 18.9 Å². The average molecular weight is 425 g/mol. The van der Waals surface area contributed by atoms with Crippen molar-refractivity contribution in [3.8, 4) is 16.9 Å². The first kappa shape index (κ1) is 20.1. The molecule has 0 bridgehead atoms. The number of ether oxygens (including phenoxy) is 2. The fourth-order valence-electron chi connectivity index (χ4n) is 4.37. The van der Waals surface area contributed by atoms with Gasteiger partial charge < -0.3 is 14.8 Å². The standard InChI is InChI=1S/C27H23NO4/c29-25-13-15-31-26-16-18(11-12-23(25)26)6-5-14-28-27(30)32-17-24-21-9-3-1-7-19(21)20-8-2-4-10-22(20)24/h1-12,16,24H,13-15,17H2,(H,28,30). The van der Waals surface area contributed by atoms with Gasteiger partial charge in [0.1, 0.15) is 12.4 Å². The first-order chi connectivity index (χ1) is 15.7. The minimum atomic E-state index is -0.448. The van der Waals surface area contributed by atoms with E-state index in [-0.39, 0.29) is 11.7 Å². The number of rotatable bonds is 5. The number of fused-ring (bicyclic) bond motifs is 4. The Hall–Kier alpha value is -3.86. The molecule has 0 saturated carbocycles. The highest BCUT2D eigenvalue weighted by Crippen LogP contribution is 2.44. The third-order valence-corrected chi connectivity index (χ3v) is 5.91. The van der Waals surface area contributed by atoms with Crippen molar-refractivity contribution in [3.63, 3.8) is 0 Å². The molecule has 5 rings (SSSR count). The van der Waals surface area contributed by atoms with E-state index in [2.05, 4.69) is 29.6 Å². The van der Waals surface area contributed by atoms with Crippen LogP contribution in [0.25, 0.3) is 17.2 Å². The second kappa shape index (κ2) is 8.71. The van der Waals surface area contributed by atoms with Gasteiger partial charge in [0.05, 0.1) is 12.2 Å². The lowest BCUT2D eigenvalue weighted by atomic mass is 9.98. The van der Waals surface area contributed by atoms with Gasteiger partial charge in [-0.05, 0) is 39.9 Å². The summed E-state index contributed by atoms with van der Waals surface area (Å²) in [5.41, 5.74) is 6.33. The molecule has 0 spiro atoms. The summed E-state index contributed by atoms with van der Waals surface area (Å²) >= 11 is 0. The number of amides is 1. The van der Waals surface area contributed by atoms with Crippen molar-refractivity contribution >= 4 is 18.0 Å². The third kappa shape index (κ3) is 3.89. The van der Waals surface area contributed by atoms with Crippen LogP contribution in [0.3, 0.4) is 0 Å². The van der Waals surface area contributed by atoms with Crippen LogP contribution in [0.2, 0.25) is 0 Å². The van der Waals surface area contributed by atoms with E-state index in [0.717, 1.165) is 5.56 Å². The molecular formula is C27H23NO4. The molecule has 1 aliphatic carbocycles. The van der Waals surface area contributed by atoms with Crippen LogP contribution in [0.15, 0.2) is 72.8 Å². The molecule has 3 aromatic carbocycles. The fourth-order valence-corrected chi connectivity index (χ4v) is 4.37. The van der Waals surface area contributed by atoms with Crippen LogP contribution in [0, 0.1) is 0 Å². The monoisotopic (exact) mass is 425 g/mol. The molecule has 32 heavy (non-hydrogen) atoms. The molecule has 0 saturated heterocycles. The van der Waals surface area contributed by atoms with Crippen LogP contribution in [0.4, 0.5) is 4.79 Å². The van der Waals surface area contributed by atoms with E-state index in [9.17, 15) is 9.59 Å². The van der Waals surface area contributed by atoms with Crippen molar-refractivity contribution in [1.29, 1.82) is 0 Å². The molecule has 1 aliphatic heterocycles. The zero-order chi connectivity index (χ0) is 21.9. The van der Waals surface area contributed by atoms with E-state index in [1.807, 2.05) is 48.6 Å². The second-order valence-corrected chi connectivity index (χ2v) is 7.89. The highest BCUT2D eigenvalue weighted by Gasteiger charge is 2.28. The second-order valence-electron chi connectivity index (χ2n) is 7.89. The van der Waals surface area contributed by atoms with Gasteiger partial charge in [-0.3, -0.25) is 4.79 Å². The molecule has 0 radical (unpaired) electrons. The highest BCUT2D eigenvalue weighted by molar-refractivity contribution is 5.99. The number of ketones is 1. The van der Waals surface area contributed by atoms with Gasteiger partial charge in [-0.15, -0.1) is 0 Å². The maximum atomic E-state index is 12.2. The molecule has 1 N–H and O–H groups in total. The predicted molar refractivity (Wildman–Crippen MR) is 123 cm³/mol. The number of hydrogen-bond donors (Lipinski definition) is 1. The predicted octanol–water partition coefficient (Wildman–Crippen LogP) is 5.20. The summed E-state index contributed by atoms with van der Waals surface area (Å²) in [4.78, 5) is 24.1. The minimum absolute atomic E-state index is 0.0434. The molecular weight excluding hydrogens is 402 g/mol. The molecule has 1 amide bonds. The van der Waals surface area contributed by atoms with Gasteiger partial charge in [0.25, 0.3) is 0 Å². The van der Waals surface area contributed by atoms with Crippen molar-refractivity contribution in [2.75, 3.05) is 19.8 Å². The molecule has 5 nitrogen and oxygen atoms in total.